The molecule has 6 heteroatoms. The zero-order chi connectivity index (χ0) is 23.4. The number of nitrogens with zero attached hydrogens (tertiary/aromatic N) is 2. The maximum absolute atomic E-state index is 13.1. The second-order valence-electron chi connectivity index (χ2n) is 8.85. The molecule has 2 aliphatic rings. The molecule has 33 heavy (non-hydrogen) atoms. The van der Waals surface area contributed by atoms with Crippen LogP contribution in [0.5, 0.6) is 0 Å². The first-order valence-electron chi connectivity index (χ1n) is 11.8. The van der Waals surface area contributed by atoms with Crippen molar-refractivity contribution in [2.24, 2.45) is 10.7 Å². The standard InChI is InChI=1S/C27H32N4O2/c1-3-12-31(13-4-2)27(33)21-14-19-10-11-20(15-23(19)29-25(28)16-21)26(32)30-24-17-22(24)18-8-6-5-7-9-18/h5-11,14-15,22,24H,3-4,12-13,16-17H2,1-2H3,(H2,28,29)(H,30,32)/t22-,24+/m1/s1. The summed E-state index contributed by atoms with van der Waals surface area (Å²) < 4.78 is 0. The first-order chi connectivity index (χ1) is 16.0. The fourth-order valence-corrected chi connectivity index (χ4v) is 4.40. The predicted octanol–water partition coefficient (Wildman–Crippen LogP) is 4.40. The number of hydrogen-bond donors (Lipinski definition) is 2. The molecule has 2 aromatic carbocycles. The van der Waals surface area contributed by atoms with Gasteiger partial charge in [0.05, 0.1) is 5.69 Å². The first-order valence-corrected chi connectivity index (χ1v) is 11.8. The van der Waals surface area contributed by atoms with Crippen LogP contribution in [0, 0.1) is 0 Å². The highest BCUT2D eigenvalue weighted by Gasteiger charge is 2.39. The third kappa shape index (κ3) is 5.33. The van der Waals surface area contributed by atoms with Crippen molar-refractivity contribution in [3.8, 4) is 0 Å². The maximum Gasteiger partial charge on any atom is 0.251 e. The van der Waals surface area contributed by atoms with Crippen molar-refractivity contribution in [3.05, 3.63) is 70.8 Å². The van der Waals surface area contributed by atoms with Crippen molar-refractivity contribution < 1.29 is 9.59 Å². The molecule has 1 aliphatic heterocycles. The summed E-state index contributed by atoms with van der Waals surface area (Å²) in [6, 6.07) is 15.8. The van der Waals surface area contributed by atoms with Crippen LogP contribution in [0.4, 0.5) is 5.69 Å². The van der Waals surface area contributed by atoms with Gasteiger partial charge < -0.3 is 16.0 Å². The van der Waals surface area contributed by atoms with E-state index in [4.69, 9.17) is 5.73 Å². The van der Waals surface area contributed by atoms with Crippen molar-refractivity contribution in [3.63, 3.8) is 0 Å². The fraction of sp³-hybridized carbons (Fsp3) is 0.370. The van der Waals surface area contributed by atoms with Crippen molar-refractivity contribution in [2.75, 3.05) is 13.1 Å². The van der Waals surface area contributed by atoms with Crippen LogP contribution >= 0.6 is 0 Å². The Kier molecular flexibility index (Phi) is 6.92. The highest BCUT2D eigenvalue weighted by molar-refractivity contribution is 6.06. The van der Waals surface area contributed by atoms with E-state index in [1.54, 1.807) is 12.1 Å². The highest BCUT2D eigenvalue weighted by atomic mass is 16.2. The molecule has 2 amide bonds. The number of hydrogen-bond acceptors (Lipinski definition) is 4. The molecule has 1 fully saturated rings. The van der Waals surface area contributed by atoms with Crippen LogP contribution in [0.3, 0.4) is 0 Å². The topological polar surface area (TPSA) is 87.8 Å². The second-order valence-corrected chi connectivity index (χ2v) is 8.85. The maximum atomic E-state index is 13.1. The summed E-state index contributed by atoms with van der Waals surface area (Å²) in [5.41, 5.74) is 10.0. The molecule has 2 atom stereocenters. The Morgan fingerprint density at radius 1 is 1.09 bits per heavy atom. The van der Waals surface area contributed by atoms with Gasteiger partial charge in [0.25, 0.3) is 5.91 Å². The molecule has 0 spiro atoms. The molecule has 1 heterocycles. The number of amidine groups is 1. The van der Waals surface area contributed by atoms with E-state index < -0.39 is 0 Å². The Morgan fingerprint density at radius 2 is 1.82 bits per heavy atom. The minimum Gasteiger partial charge on any atom is -0.387 e. The monoisotopic (exact) mass is 444 g/mol. The van der Waals surface area contributed by atoms with Gasteiger partial charge in [-0.3, -0.25) is 9.59 Å². The number of benzene rings is 2. The molecular formula is C27H32N4O2. The van der Waals surface area contributed by atoms with E-state index in [0.717, 1.165) is 37.9 Å². The van der Waals surface area contributed by atoms with Gasteiger partial charge in [0.1, 0.15) is 5.84 Å². The van der Waals surface area contributed by atoms with Gasteiger partial charge in [0, 0.05) is 48.2 Å². The summed E-state index contributed by atoms with van der Waals surface area (Å²) in [6.07, 6.45) is 4.94. The molecule has 4 rings (SSSR count). The lowest BCUT2D eigenvalue weighted by atomic mass is 10.0. The summed E-state index contributed by atoms with van der Waals surface area (Å²) >= 11 is 0. The van der Waals surface area contributed by atoms with Crippen molar-refractivity contribution in [2.45, 2.75) is 51.5 Å². The lowest BCUT2D eigenvalue weighted by Gasteiger charge is -2.22. The summed E-state index contributed by atoms with van der Waals surface area (Å²) in [5.74, 6) is 0.643. The Morgan fingerprint density at radius 3 is 2.52 bits per heavy atom. The van der Waals surface area contributed by atoms with E-state index in [0.29, 0.717) is 35.0 Å². The van der Waals surface area contributed by atoms with Crippen molar-refractivity contribution >= 4 is 29.4 Å². The van der Waals surface area contributed by atoms with E-state index in [1.807, 2.05) is 35.2 Å². The highest BCUT2D eigenvalue weighted by Crippen LogP contribution is 2.40. The molecular weight excluding hydrogens is 412 g/mol. The molecule has 172 valence electrons. The van der Waals surface area contributed by atoms with Gasteiger partial charge in [-0.2, -0.15) is 0 Å². The number of aliphatic imine (C=N–C) groups is 1. The molecule has 1 saturated carbocycles. The molecule has 3 N–H and O–H groups in total. The van der Waals surface area contributed by atoms with Crippen LogP contribution in [0.15, 0.2) is 59.1 Å². The van der Waals surface area contributed by atoms with Crippen LogP contribution in [0.1, 0.15) is 66.9 Å². The number of carbonyl (C=O) groups is 2. The van der Waals surface area contributed by atoms with Gasteiger partial charge in [-0.25, -0.2) is 4.99 Å². The number of nitrogens with one attached hydrogen (secondary N) is 1. The van der Waals surface area contributed by atoms with Gasteiger partial charge in [-0.15, -0.1) is 0 Å². The molecule has 0 saturated heterocycles. The lowest BCUT2D eigenvalue weighted by molar-refractivity contribution is -0.127. The van der Waals surface area contributed by atoms with Gasteiger partial charge in [-0.05, 0) is 43.0 Å². The summed E-state index contributed by atoms with van der Waals surface area (Å²) in [4.78, 5) is 32.4. The Hall–Kier alpha value is -3.41. The zero-order valence-electron chi connectivity index (χ0n) is 19.4. The van der Waals surface area contributed by atoms with Gasteiger partial charge in [0.2, 0.25) is 5.91 Å². The smallest absolute Gasteiger partial charge is 0.251 e. The number of carbonyl (C=O) groups excluding carboxylic acids is 2. The summed E-state index contributed by atoms with van der Waals surface area (Å²) in [7, 11) is 0. The number of amides is 2. The normalized spacial score (nSPS) is 19.0. The third-order valence-corrected chi connectivity index (χ3v) is 6.14. The molecule has 1 aliphatic carbocycles. The number of nitrogens with two attached hydrogens (primary N) is 1. The van der Waals surface area contributed by atoms with Gasteiger partial charge in [-0.1, -0.05) is 50.2 Å². The van der Waals surface area contributed by atoms with E-state index in [2.05, 4.69) is 36.3 Å². The summed E-state index contributed by atoms with van der Waals surface area (Å²) in [5, 5.41) is 3.13. The average Bonchev–Trinajstić information content (AvgIpc) is 3.60. The van der Waals surface area contributed by atoms with Gasteiger partial charge >= 0.3 is 0 Å². The number of fused-ring (bicyclic) bond motifs is 1. The van der Waals surface area contributed by atoms with Gasteiger partial charge in [0.15, 0.2) is 0 Å². The van der Waals surface area contributed by atoms with E-state index in [9.17, 15) is 9.59 Å². The minimum atomic E-state index is -0.114. The van der Waals surface area contributed by atoms with Crippen LogP contribution < -0.4 is 11.1 Å². The van der Waals surface area contributed by atoms with Crippen LogP contribution in [0.25, 0.3) is 6.08 Å². The Labute approximate surface area is 195 Å². The Balaban J connectivity index is 1.50. The lowest BCUT2D eigenvalue weighted by Crippen LogP contribution is -2.34. The molecule has 2 aromatic rings. The van der Waals surface area contributed by atoms with Crippen LogP contribution in [0.2, 0.25) is 0 Å². The van der Waals surface area contributed by atoms with Crippen LogP contribution in [-0.2, 0) is 4.79 Å². The summed E-state index contributed by atoms with van der Waals surface area (Å²) in [6.45, 7) is 5.58. The zero-order valence-corrected chi connectivity index (χ0v) is 19.4. The molecule has 0 unspecified atom stereocenters. The van der Waals surface area contributed by atoms with Crippen LogP contribution in [-0.4, -0.2) is 41.7 Å². The molecule has 0 bridgehead atoms. The molecule has 0 aromatic heterocycles. The average molecular weight is 445 g/mol. The SMILES string of the molecule is CCCN(CCC)C(=O)C1=Cc2ccc(C(=O)N[C@H]3C[C@@H]3c3ccccc3)cc2N=C(N)C1. The number of rotatable bonds is 8. The predicted molar refractivity (Wildman–Crippen MR) is 133 cm³/mol. The largest absolute Gasteiger partial charge is 0.387 e. The quantitative estimate of drug-likeness (QED) is 0.633. The molecule has 0 radical (unpaired) electrons. The van der Waals surface area contributed by atoms with E-state index in [-0.39, 0.29) is 17.9 Å². The molecule has 6 nitrogen and oxygen atoms in total. The van der Waals surface area contributed by atoms with Crippen molar-refractivity contribution in [1.29, 1.82) is 0 Å². The first kappa shape index (κ1) is 22.8. The Bertz CT molecular complexity index is 1080. The second kappa shape index (κ2) is 10.0. The van der Waals surface area contributed by atoms with Crippen molar-refractivity contribution in [1.82, 2.24) is 10.2 Å². The van der Waals surface area contributed by atoms with E-state index in [1.165, 1.54) is 5.56 Å². The minimum absolute atomic E-state index is 0.00667. The van der Waals surface area contributed by atoms with E-state index >= 15 is 0 Å². The third-order valence-electron chi connectivity index (χ3n) is 6.14. The fourth-order valence-electron chi connectivity index (χ4n) is 4.40.